The summed E-state index contributed by atoms with van der Waals surface area (Å²) in [7, 11) is 0. The molecular formula is C17H22ClNO. The highest BCUT2D eigenvalue weighted by atomic mass is 35.5. The minimum Gasteiger partial charge on any atom is -0.349 e. The van der Waals surface area contributed by atoms with Crippen molar-refractivity contribution in [1.82, 2.24) is 5.32 Å². The smallest absolute Gasteiger partial charge is 0.231 e. The van der Waals surface area contributed by atoms with E-state index in [4.69, 9.17) is 11.6 Å². The van der Waals surface area contributed by atoms with Crippen LogP contribution in [0.4, 0.5) is 0 Å². The Morgan fingerprint density at radius 2 is 1.70 bits per heavy atom. The minimum absolute atomic E-state index is 0.165. The number of nitrogens with one attached hydrogen (secondary N) is 1. The van der Waals surface area contributed by atoms with E-state index in [2.05, 4.69) is 17.4 Å². The second-order valence-electron chi connectivity index (χ2n) is 6.38. The second kappa shape index (κ2) is 5.40. The molecule has 0 atom stereocenters. The van der Waals surface area contributed by atoms with E-state index >= 15 is 0 Å². The first-order chi connectivity index (χ1) is 9.71. The van der Waals surface area contributed by atoms with Crippen molar-refractivity contribution in [3.05, 3.63) is 35.9 Å². The monoisotopic (exact) mass is 291 g/mol. The fraction of sp³-hybridized carbons (Fsp3) is 0.588. The van der Waals surface area contributed by atoms with E-state index in [-0.39, 0.29) is 16.9 Å². The summed E-state index contributed by atoms with van der Waals surface area (Å²) < 4.78 is 0. The molecule has 0 aliphatic heterocycles. The summed E-state index contributed by atoms with van der Waals surface area (Å²) in [4.78, 5) is 12.8. The summed E-state index contributed by atoms with van der Waals surface area (Å²) in [5, 5.41) is 3.31. The molecule has 20 heavy (non-hydrogen) atoms. The summed E-state index contributed by atoms with van der Waals surface area (Å²) in [6.45, 7) is 0. The van der Waals surface area contributed by atoms with Crippen molar-refractivity contribution in [3.8, 4) is 0 Å². The minimum atomic E-state index is -0.280. The molecule has 0 saturated heterocycles. The molecule has 3 rings (SSSR count). The molecule has 2 nitrogen and oxygen atoms in total. The molecule has 1 aromatic carbocycles. The summed E-state index contributed by atoms with van der Waals surface area (Å²) in [5.41, 5.74) is 0.706. The lowest BCUT2D eigenvalue weighted by molar-refractivity contribution is -0.125. The van der Waals surface area contributed by atoms with Gasteiger partial charge in [-0.2, -0.15) is 0 Å². The van der Waals surface area contributed by atoms with Crippen LogP contribution in [0.2, 0.25) is 0 Å². The Morgan fingerprint density at radius 3 is 2.25 bits per heavy atom. The van der Waals surface area contributed by atoms with Gasteiger partial charge in [0.2, 0.25) is 5.91 Å². The van der Waals surface area contributed by atoms with Gasteiger partial charge in [-0.15, -0.1) is 11.6 Å². The molecule has 1 aromatic rings. The van der Waals surface area contributed by atoms with Crippen molar-refractivity contribution in [2.45, 2.75) is 55.9 Å². The van der Waals surface area contributed by atoms with Crippen molar-refractivity contribution < 1.29 is 4.79 Å². The van der Waals surface area contributed by atoms with Crippen LogP contribution in [0.1, 0.15) is 50.5 Å². The number of carbonyl (C=O) groups is 1. The van der Waals surface area contributed by atoms with Crippen LogP contribution in [0.25, 0.3) is 0 Å². The second-order valence-corrected chi connectivity index (χ2v) is 6.64. The van der Waals surface area contributed by atoms with E-state index in [0.29, 0.717) is 5.88 Å². The number of carbonyl (C=O) groups excluding carboxylic acids is 1. The first-order valence-electron chi connectivity index (χ1n) is 7.65. The molecule has 0 radical (unpaired) electrons. The van der Waals surface area contributed by atoms with Crippen LogP contribution in [0, 0.1) is 0 Å². The van der Waals surface area contributed by atoms with Gasteiger partial charge in [0.25, 0.3) is 0 Å². The zero-order chi connectivity index (χ0) is 14.1. The predicted molar refractivity (Wildman–Crippen MR) is 82.0 cm³/mol. The van der Waals surface area contributed by atoms with E-state index in [1.807, 2.05) is 18.2 Å². The largest absolute Gasteiger partial charge is 0.349 e. The molecule has 0 bridgehead atoms. The Hall–Kier alpha value is -1.02. The van der Waals surface area contributed by atoms with Crippen LogP contribution in [0.15, 0.2) is 30.3 Å². The van der Waals surface area contributed by atoms with Crippen LogP contribution in [-0.2, 0) is 10.2 Å². The van der Waals surface area contributed by atoms with E-state index in [1.54, 1.807) is 0 Å². The topological polar surface area (TPSA) is 29.1 Å². The first-order valence-corrected chi connectivity index (χ1v) is 8.18. The van der Waals surface area contributed by atoms with Gasteiger partial charge in [0.1, 0.15) is 0 Å². The molecular weight excluding hydrogens is 270 g/mol. The van der Waals surface area contributed by atoms with Crippen LogP contribution in [0.3, 0.4) is 0 Å². The Bertz CT molecular complexity index is 475. The number of benzene rings is 1. The Morgan fingerprint density at radius 1 is 1.05 bits per heavy atom. The Labute approximate surface area is 125 Å². The van der Waals surface area contributed by atoms with Crippen molar-refractivity contribution in [1.29, 1.82) is 0 Å². The highest BCUT2D eigenvalue weighted by Crippen LogP contribution is 2.49. The fourth-order valence-corrected chi connectivity index (χ4v) is 3.74. The third kappa shape index (κ3) is 2.46. The van der Waals surface area contributed by atoms with E-state index < -0.39 is 0 Å². The highest BCUT2D eigenvalue weighted by molar-refractivity contribution is 6.18. The maximum atomic E-state index is 12.8. The van der Waals surface area contributed by atoms with Crippen molar-refractivity contribution in [2.75, 3.05) is 5.88 Å². The van der Waals surface area contributed by atoms with Gasteiger partial charge in [0.15, 0.2) is 0 Å². The van der Waals surface area contributed by atoms with Gasteiger partial charge in [-0.3, -0.25) is 4.79 Å². The van der Waals surface area contributed by atoms with Crippen LogP contribution in [-0.4, -0.2) is 17.3 Å². The molecule has 0 unspecified atom stereocenters. The molecule has 1 N–H and O–H groups in total. The summed E-state index contributed by atoms with van der Waals surface area (Å²) in [6.07, 6.45) is 7.57. The van der Waals surface area contributed by atoms with Gasteiger partial charge in [0.05, 0.1) is 11.0 Å². The number of alkyl halides is 1. The Kier molecular flexibility index (Phi) is 3.76. The van der Waals surface area contributed by atoms with Gasteiger partial charge in [-0.1, -0.05) is 49.6 Å². The highest BCUT2D eigenvalue weighted by Gasteiger charge is 2.52. The van der Waals surface area contributed by atoms with Crippen molar-refractivity contribution >= 4 is 17.5 Å². The molecule has 0 spiro atoms. The summed E-state index contributed by atoms with van der Waals surface area (Å²) in [5.74, 6) is 0.718. The van der Waals surface area contributed by atoms with Crippen LogP contribution < -0.4 is 5.32 Å². The predicted octanol–water partition coefficient (Wildman–Crippen LogP) is 3.78. The third-order valence-electron chi connectivity index (χ3n) is 4.96. The summed E-state index contributed by atoms with van der Waals surface area (Å²) in [6, 6.07) is 10.2. The first kappa shape index (κ1) is 13.9. The van der Waals surface area contributed by atoms with E-state index in [1.165, 1.54) is 19.3 Å². The lowest BCUT2D eigenvalue weighted by atomic mass is 9.82. The van der Waals surface area contributed by atoms with Crippen LogP contribution >= 0.6 is 11.6 Å². The molecule has 2 aliphatic carbocycles. The van der Waals surface area contributed by atoms with E-state index in [9.17, 15) is 4.79 Å². The van der Waals surface area contributed by atoms with Crippen molar-refractivity contribution in [3.63, 3.8) is 0 Å². The lowest BCUT2D eigenvalue weighted by Gasteiger charge is -2.37. The van der Waals surface area contributed by atoms with Gasteiger partial charge in [-0.05, 0) is 31.2 Å². The van der Waals surface area contributed by atoms with E-state index in [0.717, 1.165) is 31.2 Å². The molecule has 108 valence electrons. The maximum absolute atomic E-state index is 12.8. The van der Waals surface area contributed by atoms with Gasteiger partial charge < -0.3 is 5.32 Å². The quantitative estimate of drug-likeness (QED) is 0.841. The zero-order valence-electron chi connectivity index (χ0n) is 11.8. The normalized spacial score (nSPS) is 23.1. The maximum Gasteiger partial charge on any atom is 0.231 e. The zero-order valence-corrected chi connectivity index (χ0v) is 12.6. The lowest BCUT2D eigenvalue weighted by Crippen LogP contribution is -2.54. The average molecular weight is 292 g/mol. The number of hydrogen-bond donors (Lipinski definition) is 1. The van der Waals surface area contributed by atoms with Gasteiger partial charge in [-0.25, -0.2) is 0 Å². The molecule has 2 fully saturated rings. The van der Waals surface area contributed by atoms with Crippen LogP contribution in [0.5, 0.6) is 0 Å². The number of rotatable bonds is 4. The third-order valence-corrected chi connectivity index (χ3v) is 5.47. The molecule has 2 saturated carbocycles. The van der Waals surface area contributed by atoms with Crippen molar-refractivity contribution in [2.24, 2.45) is 0 Å². The molecule has 3 heteroatoms. The standard InChI is InChI=1S/C17H22ClNO/c18-13-16(9-5-2-6-10-16)19-15(20)17(11-12-17)14-7-3-1-4-8-14/h1,3-4,7-8H,2,5-6,9-13H2,(H,19,20). The Balaban J connectivity index is 1.76. The average Bonchev–Trinajstić information content (AvgIpc) is 3.31. The number of hydrogen-bond acceptors (Lipinski definition) is 1. The number of amides is 1. The molecule has 2 aliphatic rings. The molecule has 0 aromatic heterocycles. The SMILES string of the molecule is O=C(NC1(CCl)CCCCC1)C1(c2ccccc2)CC1. The van der Waals surface area contributed by atoms with Gasteiger partial charge >= 0.3 is 0 Å². The molecule has 1 amide bonds. The fourth-order valence-electron chi connectivity index (χ4n) is 3.41. The molecule has 0 heterocycles. The van der Waals surface area contributed by atoms with Gasteiger partial charge in [0, 0.05) is 5.88 Å². The summed E-state index contributed by atoms with van der Waals surface area (Å²) >= 11 is 6.18. The number of halogens is 1.